The van der Waals surface area contributed by atoms with Crippen molar-refractivity contribution in [2.24, 2.45) is 0 Å². The van der Waals surface area contributed by atoms with Crippen LogP contribution in [0.15, 0.2) is 49.3 Å². The number of aromatic nitrogens is 4. The van der Waals surface area contributed by atoms with Crippen LogP contribution in [0.25, 0.3) is 16.9 Å². The quantitative estimate of drug-likeness (QED) is 0.687. The zero-order valence-electron chi connectivity index (χ0n) is 16.7. The largest absolute Gasteiger partial charge is 0.507 e. The number of phenolic OH excluding ortho intramolecular Hbond substituents is 1. The summed E-state index contributed by atoms with van der Waals surface area (Å²) in [4.78, 5) is 12.7. The number of rotatable bonds is 4. The Kier molecular flexibility index (Phi) is 4.66. The molecular weight excluding hydrogens is 385 g/mol. The van der Waals surface area contributed by atoms with E-state index in [4.69, 9.17) is 4.74 Å². The van der Waals surface area contributed by atoms with Crippen molar-refractivity contribution >= 4 is 0 Å². The molecule has 3 aromatic rings. The lowest BCUT2D eigenvalue weighted by Crippen LogP contribution is -2.66. The van der Waals surface area contributed by atoms with Crippen molar-refractivity contribution in [3.05, 3.63) is 49.3 Å². The van der Waals surface area contributed by atoms with Crippen molar-refractivity contribution in [1.82, 2.24) is 24.8 Å². The van der Waals surface area contributed by atoms with E-state index in [-0.39, 0.29) is 11.8 Å². The molecule has 156 valence electrons. The third-order valence-electron chi connectivity index (χ3n) is 6.19. The Morgan fingerprint density at radius 3 is 2.93 bits per heavy atom. The van der Waals surface area contributed by atoms with E-state index in [0.717, 1.165) is 24.9 Å². The molecular formula is C22H24FN5O2. The predicted octanol–water partition coefficient (Wildman–Crippen LogP) is 3.42. The second kappa shape index (κ2) is 7.36. The van der Waals surface area contributed by atoms with Crippen molar-refractivity contribution in [2.45, 2.75) is 56.5 Å². The molecule has 0 unspecified atom stereocenters. The van der Waals surface area contributed by atoms with E-state index in [2.05, 4.69) is 20.3 Å². The van der Waals surface area contributed by atoms with E-state index >= 15 is 4.39 Å². The maximum absolute atomic E-state index is 15.1. The summed E-state index contributed by atoms with van der Waals surface area (Å²) in [5.41, 5.74) is 1.33. The Balaban J connectivity index is 1.32. The van der Waals surface area contributed by atoms with Crippen molar-refractivity contribution < 1.29 is 14.2 Å². The van der Waals surface area contributed by atoms with Gasteiger partial charge in [-0.3, -0.25) is 0 Å². The van der Waals surface area contributed by atoms with E-state index in [1.165, 1.54) is 12.4 Å². The Labute approximate surface area is 174 Å². The summed E-state index contributed by atoms with van der Waals surface area (Å²) < 4.78 is 22.8. The summed E-state index contributed by atoms with van der Waals surface area (Å²) in [6, 6.07) is 5.57. The third-order valence-corrected chi connectivity index (χ3v) is 6.19. The zero-order chi connectivity index (χ0) is 20.7. The molecule has 0 radical (unpaired) electrons. The first-order valence-corrected chi connectivity index (χ1v) is 10.2. The van der Waals surface area contributed by atoms with Gasteiger partial charge in [-0.2, -0.15) is 0 Å². The number of imidazole rings is 1. The van der Waals surface area contributed by atoms with Crippen LogP contribution in [0.3, 0.4) is 0 Å². The van der Waals surface area contributed by atoms with Gasteiger partial charge in [-0.05, 0) is 38.3 Å². The maximum atomic E-state index is 15.1. The second-order valence-corrected chi connectivity index (χ2v) is 8.36. The number of halogens is 1. The van der Waals surface area contributed by atoms with Gasteiger partial charge in [-0.15, -0.1) is 0 Å². The van der Waals surface area contributed by atoms with Crippen LogP contribution < -0.4 is 10.1 Å². The van der Waals surface area contributed by atoms with Gasteiger partial charge in [0.05, 0.1) is 35.6 Å². The summed E-state index contributed by atoms with van der Waals surface area (Å²) >= 11 is 0. The number of nitrogens with one attached hydrogen (secondary N) is 1. The Morgan fingerprint density at radius 1 is 1.30 bits per heavy atom. The first kappa shape index (κ1) is 19.0. The number of hydrogen-bond donors (Lipinski definition) is 2. The molecule has 2 bridgehead atoms. The van der Waals surface area contributed by atoms with Crippen LogP contribution in [0.5, 0.6) is 11.6 Å². The lowest BCUT2D eigenvalue weighted by Gasteiger charge is -2.49. The molecule has 8 heteroatoms. The number of hydrogen-bond acceptors (Lipinski definition) is 6. The Morgan fingerprint density at radius 2 is 2.20 bits per heavy atom. The predicted molar refractivity (Wildman–Crippen MR) is 109 cm³/mol. The number of phenols is 1. The average molecular weight is 409 g/mol. The highest BCUT2D eigenvalue weighted by molar-refractivity contribution is 5.68. The van der Waals surface area contributed by atoms with Crippen molar-refractivity contribution in [3.63, 3.8) is 0 Å². The molecule has 2 aromatic heterocycles. The fourth-order valence-electron chi connectivity index (χ4n) is 4.62. The van der Waals surface area contributed by atoms with Crippen LogP contribution in [0.1, 0.15) is 32.6 Å². The van der Waals surface area contributed by atoms with Crippen LogP contribution in [0, 0.1) is 0 Å². The van der Waals surface area contributed by atoms with Crippen LogP contribution in [0.4, 0.5) is 4.39 Å². The summed E-state index contributed by atoms with van der Waals surface area (Å²) in [6.07, 6.45) is 10.0. The first-order valence-electron chi connectivity index (χ1n) is 10.2. The van der Waals surface area contributed by atoms with Crippen molar-refractivity contribution in [3.8, 4) is 28.6 Å². The Hall–Kier alpha value is -3.00. The third kappa shape index (κ3) is 3.41. The van der Waals surface area contributed by atoms with Gasteiger partial charge in [-0.25, -0.2) is 19.3 Å². The SMILES string of the molecule is C[C@]12CCC[C@H](C[C@@H](Oc3cnc(-c4ccc(-n5ccnc5)cc4O)cn3)[C@H]1F)N2. The number of piperidine rings is 2. The van der Waals surface area contributed by atoms with E-state index in [9.17, 15) is 5.11 Å². The lowest BCUT2D eigenvalue weighted by atomic mass is 9.75. The molecule has 0 aliphatic carbocycles. The van der Waals surface area contributed by atoms with Gasteiger partial charge >= 0.3 is 0 Å². The minimum Gasteiger partial charge on any atom is -0.507 e. The van der Waals surface area contributed by atoms with Gasteiger partial charge in [0.1, 0.15) is 11.9 Å². The van der Waals surface area contributed by atoms with E-state index < -0.39 is 17.8 Å². The van der Waals surface area contributed by atoms with Crippen molar-refractivity contribution in [1.29, 1.82) is 0 Å². The number of ether oxygens (including phenoxy) is 1. The molecule has 1 aromatic carbocycles. The molecule has 30 heavy (non-hydrogen) atoms. The minimum absolute atomic E-state index is 0.0899. The van der Waals surface area contributed by atoms with Gasteiger partial charge in [-0.1, -0.05) is 0 Å². The molecule has 4 heterocycles. The monoisotopic (exact) mass is 409 g/mol. The molecule has 0 amide bonds. The van der Waals surface area contributed by atoms with Crippen LogP contribution in [-0.4, -0.2) is 48.5 Å². The normalized spacial score (nSPS) is 28.3. The average Bonchev–Trinajstić information content (AvgIpc) is 3.28. The number of fused-ring (bicyclic) bond motifs is 2. The van der Waals surface area contributed by atoms with Gasteiger partial charge in [0.15, 0.2) is 6.17 Å². The molecule has 2 aliphatic rings. The van der Waals surface area contributed by atoms with Crippen molar-refractivity contribution in [2.75, 3.05) is 0 Å². The van der Waals surface area contributed by atoms with Gasteiger partial charge < -0.3 is 19.7 Å². The highest BCUT2D eigenvalue weighted by atomic mass is 19.1. The summed E-state index contributed by atoms with van der Waals surface area (Å²) in [5, 5.41) is 13.9. The topological polar surface area (TPSA) is 85.1 Å². The molecule has 2 fully saturated rings. The highest BCUT2D eigenvalue weighted by Gasteiger charge is 2.49. The van der Waals surface area contributed by atoms with Gasteiger partial charge in [0, 0.05) is 36.5 Å². The van der Waals surface area contributed by atoms with E-state index in [1.54, 1.807) is 35.4 Å². The summed E-state index contributed by atoms with van der Waals surface area (Å²) in [7, 11) is 0. The second-order valence-electron chi connectivity index (χ2n) is 8.36. The molecule has 7 nitrogen and oxygen atoms in total. The standard InChI is InChI=1S/C22H24FN5O2/c1-22-6-2-3-14(27-22)9-19(21(22)23)30-20-12-25-17(11-26-20)16-5-4-15(10-18(16)29)28-8-7-24-13-28/h4-5,7-8,10-14,19,21,27,29H,2-3,6,9H2,1H3/t14-,19-,21-,22+/m1/s1. The molecule has 0 saturated carbocycles. The summed E-state index contributed by atoms with van der Waals surface area (Å²) in [6.45, 7) is 1.93. The van der Waals surface area contributed by atoms with E-state index in [1.807, 2.05) is 13.0 Å². The molecule has 5 rings (SSSR count). The fraction of sp³-hybridized carbons (Fsp3) is 0.409. The lowest BCUT2D eigenvalue weighted by molar-refractivity contribution is -0.0347. The number of alkyl halides is 1. The van der Waals surface area contributed by atoms with Gasteiger partial charge in [0.25, 0.3) is 0 Å². The number of nitrogens with zero attached hydrogens (tertiary/aromatic N) is 4. The molecule has 4 atom stereocenters. The number of aromatic hydroxyl groups is 1. The molecule has 2 aliphatic heterocycles. The van der Waals surface area contributed by atoms with Crippen LogP contribution in [0.2, 0.25) is 0 Å². The first-order chi connectivity index (χ1) is 14.5. The smallest absolute Gasteiger partial charge is 0.232 e. The Bertz CT molecular complexity index is 1030. The minimum atomic E-state index is -1.10. The molecule has 0 spiro atoms. The highest BCUT2D eigenvalue weighted by Crippen LogP contribution is 2.37. The van der Waals surface area contributed by atoms with Crippen LogP contribution >= 0.6 is 0 Å². The molecule has 2 N–H and O–H groups in total. The maximum Gasteiger partial charge on any atom is 0.232 e. The number of benzene rings is 1. The zero-order valence-corrected chi connectivity index (χ0v) is 16.7. The fourth-order valence-corrected chi connectivity index (χ4v) is 4.62. The van der Waals surface area contributed by atoms with E-state index in [0.29, 0.717) is 23.6 Å². The molecule has 2 saturated heterocycles. The van der Waals surface area contributed by atoms with Gasteiger partial charge in [0.2, 0.25) is 5.88 Å². The van der Waals surface area contributed by atoms with Crippen LogP contribution in [-0.2, 0) is 0 Å². The summed E-state index contributed by atoms with van der Waals surface area (Å²) in [5.74, 6) is 0.386.